The molecule has 2 aromatic rings. The Hall–Kier alpha value is -1.89. The maximum absolute atomic E-state index is 11.9. The van der Waals surface area contributed by atoms with E-state index in [1.807, 2.05) is 0 Å². The molecule has 0 aromatic heterocycles. The van der Waals surface area contributed by atoms with Crippen molar-refractivity contribution < 1.29 is 4.79 Å². The summed E-state index contributed by atoms with van der Waals surface area (Å²) in [5, 5.41) is 0. The topological polar surface area (TPSA) is 17.1 Å². The van der Waals surface area contributed by atoms with Gasteiger partial charge in [0, 0.05) is 11.3 Å². The van der Waals surface area contributed by atoms with Gasteiger partial charge >= 0.3 is 0 Å². The molecule has 0 saturated heterocycles. The van der Waals surface area contributed by atoms with Crippen molar-refractivity contribution in [2.75, 3.05) is 0 Å². The van der Waals surface area contributed by atoms with Crippen molar-refractivity contribution in [3.8, 4) is 0 Å². The third kappa shape index (κ3) is 1.49. The molecule has 1 heteroatoms. The lowest BCUT2D eigenvalue weighted by Crippen LogP contribution is -2.18. The van der Waals surface area contributed by atoms with Crippen molar-refractivity contribution in [2.45, 2.75) is 31.1 Å². The van der Waals surface area contributed by atoms with Crippen molar-refractivity contribution in [1.29, 1.82) is 0 Å². The number of carbonyl (C=O) groups excluding carboxylic acids is 1. The number of rotatable bonds is 3. The van der Waals surface area contributed by atoms with Crippen LogP contribution >= 0.6 is 0 Å². The van der Waals surface area contributed by atoms with Crippen LogP contribution in [0.3, 0.4) is 0 Å². The fourth-order valence-electron chi connectivity index (χ4n) is 5.07. The molecule has 2 fully saturated rings. The molecule has 2 aliphatic carbocycles. The van der Waals surface area contributed by atoms with Gasteiger partial charge in [-0.25, -0.2) is 0 Å². The van der Waals surface area contributed by atoms with Gasteiger partial charge in [-0.15, -0.1) is 0 Å². The largest absolute Gasteiger partial charge is 0.303 e. The van der Waals surface area contributed by atoms with Crippen molar-refractivity contribution >= 4 is 6.29 Å². The van der Waals surface area contributed by atoms with E-state index in [0.717, 1.165) is 0 Å². The zero-order valence-corrected chi connectivity index (χ0v) is 12.2. The summed E-state index contributed by atoms with van der Waals surface area (Å²) in [6.07, 6.45) is 6.10. The molecule has 0 heterocycles. The average molecular weight is 276 g/mol. The minimum absolute atomic E-state index is 0.0895. The molecule has 1 nitrogen and oxygen atoms in total. The Balaban J connectivity index is 1.95. The smallest absolute Gasteiger partial charge is 0.124 e. The highest BCUT2D eigenvalue weighted by Gasteiger charge is 2.77. The highest BCUT2D eigenvalue weighted by molar-refractivity contribution is 5.73. The van der Waals surface area contributed by atoms with Crippen LogP contribution in [0, 0.1) is 11.3 Å². The lowest BCUT2D eigenvalue weighted by Gasteiger charge is -2.23. The molecule has 2 aliphatic rings. The van der Waals surface area contributed by atoms with Crippen LogP contribution in [0.25, 0.3) is 0 Å². The van der Waals surface area contributed by atoms with Crippen LogP contribution in [0.4, 0.5) is 0 Å². The molecular weight excluding hydrogens is 256 g/mol. The summed E-state index contributed by atoms with van der Waals surface area (Å²) in [6, 6.07) is 21.3. The number of carbonyl (C=O) groups is 1. The van der Waals surface area contributed by atoms with Crippen LogP contribution in [0.2, 0.25) is 0 Å². The quantitative estimate of drug-likeness (QED) is 0.761. The molecule has 0 unspecified atom stereocenters. The normalized spacial score (nSPS) is 24.9. The summed E-state index contributed by atoms with van der Waals surface area (Å²) in [5.74, 6) is 0.136. The third-order valence-corrected chi connectivity index (χ3v) is 5.85. The Morgan fingerprint density at radius 3 is 1.71 bits per heavy atom. The predicted molar refractivity (Wildman–Crippen MR) is 84.1 cm³/mol. The predicted octanol–water partition coefficient (Wildman–Crippen LogP) is 4.36. The van der Waals surface area contributed by atoms with E-state index in [-0.39, 0.29) is 16.7 Å². The van der Waals surface area contributed by atoms with Gasteiger partial charge in [-0.3, -0.25) is 0 Å². The van der Waals surface area contributed by atoms with E-state index in [4.69, 9.17) is 0 Å². The van der Waals surface area contributed by atoms with Gasteiger partial charge in [-0.2, -0.15) is 0 Å². The van der Waals surface area contributed by atoms with E-state index >= 15 is 0 Å². The molecule has 1 atom stereocenters. The molecule has 0 aliphatic heterocycles. The Labute approximate surface area is 126 Å². The average Bonchev–Trinajstić information content (AvgIpc) is 2.83. The summed E-state index contributed by atoms with van der Waals surface area (Å²) < 4.78 is 0. The summed E-state index contributed by atoms with van der Waals surface area (Å²) in [5.41, 5.74) is 2.70. The fraction of sp³-hybridized carbons (Fsp3) is 0.350. The second-order valence-corrected chi connectivity index (χ2v) is 6.52. The first kappa shape index (κ1) is 12.8. The zero-order valence-electron chi connectivity index (χ0n) is 12.2. The monoisotopic (exact) mass is 276 g/mol. The Bertz CT molecular complexity index is 599. The highest BCUT2D eigenvalue weighted by atomic mass is 16.1. The Morgan fingerprint density at radius 1 is 0.810 bits per heavy atom. The lowest BCUT2D eigenvalue weighted by atomic mass is 9.79. The van der Waals surface area contributed by atoms with E-state index in [1.54, 1.807) is 0 Å². The summed E-state index contributed by atoms with van der Waals surface area (Å²) in [7, 11) is 0. The maximum atomic E-state index is 11.9. The fourth-order valence-corrected chi connectivity index (χ4v) is 5.07. The standard InChI is InChI=1S/C20H20O/c21-15-18-19(13-7-8-14-19)20(18,16-9-3-1-4-10-16)17-11-5-2-6-12-17/h1-6,9-12,15,18H,7-8,13-14H2/t18-/m1/s1. The van der Waals surface area contributed by atoms with Crippen LogP contribution < -0.4 is 0 Å². The van der Waals surface area contributed by atoms with E-state index in [0.29, 0.717) is 0 Å². The molecule has 0 N–H and O–H groups in total. The van der Waals surface area contributed by atoms with Crippen LogP contribution in [-0.2, 0) is 10.2 Å². The third-order valence-electron chi connectivity index (χ3n) is 5.85. The van der Waals surface area contributed by atoms with Gasteiger partial charge in [0.2, 0.25) is 0 Å². The molecule has 0 amide bonds. The molecule has 1 spiro atoms. The summed E-state index contributed by atoms with van der Waals surface area (Å²) >= 11 is 0. The van der Waals surface area contributed by atoms with Crippen molar-refractivity contribution in [3.05, 3.63) is 71.8 Å². The number of hydrogen-bond acceptors (Lipinski definition) is 1. The van der Waals surface area contributed by atoms with E-state index in [9.17, 15) is 4.79 Å². The molecule has 21 heavy (non-hydrogen) atoms. The first-order valence-corrected chi connectivity index (χ1v) is 7.92. The van der Waals surface area contributed by atoms with Crippen molar-refractivity contribution in [3.63, 3.8) is 0 Å². The minimum Gasteiger partial charge on any atom is -0.303 e. The van der Waals surface area contributed by atoms with Gasteiger partial charge in [0.05, 0.1) is 0 Å². The van der Waals surface area contributed by atoms with Gasteiger partial charge in [-0.05, 0) is 29.4 Å². The minimum atomic E-state index is -0.0895. The molecular formula is C20H20O. The number of aldehydes is 1. The first-order valence-electron chi connectivity index (χ1n) is 7.92. The maximum Gasteiger partial charge on any atom is 0.124 e. The molecule has 106 valence electrons. The SMILES string of the molecule is O=C[C@@H]1C2(CCCC2)C1(c1ccccc1)c1ccccc1. The Morgan fingerprint density at radius 2 is 1.29 bits per heavy atom. The molecule has 2 saturated carbocycles. The van der Waals surface area contributed by atoms with Crippen LogP contribution in [-0.4, -0.2) is 6.29 Å². The molecule has 0 bridgehead atoms. The molecule has 4 rings (SSSR count). The van der Waals surface area contributed by atoms with Crippen LogP contribution in [0.15, 0.2) is 60.7 Å². The van der Waals surface area contributed by atoms with Crippen LogP contribution in [0.5, 0.6) is 0 Å². The van der Waals surface area contributed by atoms with Crippen molar-refractivity contribution in [1.82, 2.24) is 0 Å². The second kappa shape index (κ2) is 4.56. The van der Waals surface area contributed by atoms with E-state index in [2.05, 4.69) is 60.7 Å². The number of hydrogen-bond donors (Lipinski definition) is 0. The Kier molecular flexibility index (Phi) is 2.78. The zero-order chi connectivity index (χ0) is 14.3. The van der Waals surface area contributed by atoms with E-state index < -0.39 is 0 Å². The second-order valence-electron chi connectivity index (χ2n) is 6.52. The molecule has 2 aromatic carbocycles. The van der Waals surface area contributed by atoms with Gasteiger partial charge in [-0.1, -0.05) is 73.5 Å². The van der Waals surface area contributed by atoms with Gasteiger partial charge in [0.25, 0.3) is 0 Å². The summed E-state index contributed by atoms with van der Waals surface area (Å²) in [4.78, 5) is 11.9. The molecule has 0 radical (unpaired) electrons. The lowest BCUT2D eigenvalue weighted by molar-refractivity contribution is -0.109. The number of benzene rings is 2. The van der Waals surface area contributed by atoms with Gasteiger partial charge < -0.3 is 4.79 Å². The highest BCUT2D eigenvalue weighted by Crippen LogP contribution is 2.77. The first-order chi connectivity index (χ1) is 10.4. The summed E-state index contributed by atoms with van der Waals surface area (Å²) in [6.45, 7) is 0. The van der Waals surface area contributed by atoms with Gasteiger partial charge in [0.1, 0.15) is 6.29 Å². The van der Waals surface area contributed by atoms with E-state index in [1.165, 1.54) is 43.1 Å². The van der Waals surface area contributed by atoms with Crippen molar-refractivity contribution in [2.24, 2.45) is 11.3 Å². The van der Waals surface area contributed by atoms with Gasteiger partial charge in [0.15, 0.2) is 0 Å². The van der Waals surface area contributed by atoms with Crippen LogP contribution in [0.1, 0.15) is 36.8 Å².